The largest absolute Gasteiger partial charge is 0.324 e. The van der Waals surface area contributed by atoms with Crippen molar-refractivity contribution in [2.24, 2.45) is 0 Å². The van der Waals surface area contributed by atoms with Crippen LogP contribution in [0.15, 0.2) is 29.2 Å². The van der Waals surface area contributed by atoms with Crippen molar-refractivity contribution < 1.29 is 21.6 Å². The molecule has 1 aromatic rings. The molecule has 1 aromatic carbocycles. The van der Waals surface area contributed by atoms with E-state index in [1.807, 2.05) is 0 Å². The normalized spacial score (nSPS) is 19.4. The van der Waals surface area contributed by atoms with E-state index in [0.29, 0.717) is 31.6 Å². The highest BCUT2D eigenvalue weighted by Gasteiger charge is 2.33. The van der Waals surface area contributed by atoms with Gasteiger partial charge in [0.25, 0.3) is 0 Å². The number of carbonyl (C=O) groups is 1. The lowest BCUT2D eigenvalue weighted by atomic mass is 9.96. The molecule has 1 saturated carbocycles. The number of hydrogen-bond donors (Lipinski definition) is 3. The highest BCUT2D eigenvalue weighted by molar-refractivity contribution is 7.90. The first kappa shape index (κ1) is 25.9. The van der Waals surface area contributed by atoms with Crippen LogP contribution < -0.4 is 14.8 Å². The summed E-state index contributed by atoms with van der Waals surface area (Å²) >= 11 is 0. The SMILES string of the molecule is CC(C)(C)S(=O)(=O)NC1CCN(C(=O)Nc2cccc(S(=O)(=O)NC3CCCCC3)c2)CC1. The van der Waals surface area contributed by atoms with Crippen molar-refractivity contribution in [3.63, 3.8) is 0 Å². The standard InChI is InChI=1S/C22H36N4O5S2/c1-22(2,3)33(30,31)25-18-12-14-26(15-13-18)21(27)23-19-10-7-11-20(16-19)32(28,29)24-17-8-5-4-6-9-17/h7,10-11,16-18,24-25H,4-6,8-9,12-15H2,1-3H3,(H,23,27). The van der Waals surface area contributed by atoms with Crippen molar-refractivity contribution in [2.45, 2.75) is 87.4 Å². The summed E-state index contributed by atoms with van der Waals surface area (Å²) in [6, 6.07) is 5.67. The molecule has 0 radical (unpaired) electrons. The lowest BCUT2D eigenvalue weighted by molar-refractivity contribution is 0.193. The van der Waals surface area contributed by atoms with Crippen molar-refractivity contribution in [2.75, 3.05) is 18.4 Å². The van der Waals surface area contributed by atoms with E-state index in [9.17, 15) is 21.6 Å². The monoisotopic (exact) mass is 500 g/mol. The quantitative estimate of drug-likeness (QED) is 0.554. The molecule has 1 saturated heterocycles. The molecule has 2 amide bonds. The van der Waals surface area contributed by atoms with E-state index >= 15 is 0 Å². The summed E-state index contributed by atoms with van der Waals surface area (Å²) in [4.78, 5) is 14.4. The maximum absolute atomic E-state index is 12.8. The number of amides is 2. The Kier molecular flexibility index (Phi) is 8.08. The van der Waals surface area contributed by atoms with Gasteiger partial charge in [-0.25, -0.2) is 31.1 Å². The Hall–Kier alpha value is -1.69. The second kappa shape index (κ2) is 10.3. The number of benzene rings is 1. The zero-order chi connectivity index (χ0) is 24.3. The Morgan fingerprint density at radius 3 is 2.12 bits per heavy atom. The number of nitrogens with zero attached hydrogens (tertiary/aromatic N) is 1. The molecule has 0 aromatic heterocycles. The molecular formula is C22H36N4O5S2. The van der Waals surface area contributed by atoms with Gasteiger partial charge in [0.15, 0.2) is 0 Å². The number of anilines is 1. The molecule has 9 nitrogen and oxygen atoms in total. The summed E-state index contributed by atoms with van der Waals surface area (Å²) in [6.07, 6.45) is 5.91. The molecule has 0 spiro atoms. The van der Waals surface area contributed by atoms with Gasteiger partial charge in [-0.15, -0.1) is 0 Å². The fourth-order valence-corrected chi connectivity index (χ4v) is 6.43. The van der Waals surface area contributed by atoms with Gasteiger partial charge in [-0.05, 0) is 64.7 Å². The highest BCUT2D eigenvalue weighted by atomic mass is 32.2. The number of piperidine rings is 1. The van der Waals surface area contributed by atoms with E-state index in [-0.39, 0.29) is 23.0 Å². The smallest absolute Gasteiger partial charge is 0.321 e. The van der Waals surface area contributed by atoms with Crippen molar-refractivity contribution in [3.05, 3.63) is 24.3 Å². The first-order valence-corrected chi connectivity index (χ1v) is 14.5. The van der Waals surface area contributed by atoms with Gasteiger partial charge in [-0.1, -0.05) is 25.3 Å². The van der Waals surface area contributed by atoms with Gasteiger partial charge in [-0.3, -0.25) is 0 Å². The number of carbonyl (C=O) groups excluding carboxylic acids is 1. The summed E-state index contributed by atoms with van der Waals surface area (Å²) in [5.41, 5.74) is 0.405. The molecule has 33 heavy (non-hydrogen) atoms. The topological polar surface area (TPSA) is 125 Å². The summed E-state index contributed by atoms with van der Waals surface area (Å²) in [5, 5.41) is 2.77. The minimum absolute atomic E-state index is 0.0426. The van der Waals surface area contributed by atoms with E-state index in [4.69, 9.17) is 0 Å². The molecule has 3 rings (SSSR count). The summed E-state index contributed by atoms with van der Waals surface area (Å²) in [7, 11) is -7.11. The Labute approximate surface area is 197 Å². The van der Waals surface area contributed by atoms with Crippen molar-refractivity contribution in [1.29, 1.82) is 0 Å². The van der Waals surface area contributed by atoms with Crippen LogP contribution in [0.25, 0.3) is 0 Å². The van der Waals surface area contributed by atoms with Crippen LogP contribution in [-0.2, 0) is 20.0 Å². The molecule has 2 aliphatic rings. The van der Waals surface area contributed by atoms with Gasteiger partial charge in [0.05, 0.1) is 9.64 Å². The Bertz CT molecular complexity index is 1040. The van der Waals surface area contributed by atoms with E-state index in [1.54, 1.807) is 37.8 Å². The third-order valence-electron chi connectivity index (χ3n) is 6.23. The number of sulfonamides is 2. The molecule has 0 atom stereocenters. The number of urea groups is 1. The van der Waals surface area contributed by atoms with Crippen LogP contribution in [0.2, 0.25) is 0 Å². The number of rotatable bonds is 6. The average Bonchev–Trinajstić information content (AvgIpc) is 2.74. The van der Waals surface area contributed by atoms with Crippen molar-refractivity contribution >= 4 is 31.8 Å². The van der Waals surface area contributed by atoms with Crippen LogP contribution in [-0.4, -0.2) is 57.7 Å². The van der Waals surface area contributed by atoms with E-state index in [0.717, 1.165) is 32.1 Å². The molecule has 1 heterocycles. The van der Waals surface area contributed by atoms with Gasteiger partial charge in [0.2, 0.25) is 20.0 Å². The second-order valence-corrected chi connectivity index (χ2v) is 14.1. The van der Waals surface area contributed by atoms with E-state index < -0.39 is 24.8 Å². The lowest BCUT2D eigenvalue weighted by Gasteiger charge is -2.33. The molecule has 2 fully saturated rings. The van der Waals surface area contributed by atoms with Gasteiger partial charge in [0, 0.05) is 30.9 Å². The first-order valence-electron chi connectivity index (χ1n) is 11.6. The fraction of sp³-hybridized carbons (Fsp3) is 0.682. The highest BCUT2D eigenvalue weighted by Crippen LogP contribution is 2.22. The average molecular weight is 501 g/mol. The zero-order valence-electron chi connectivity index (χ0n) is 19.6. The number of hydrogen-bond acceptors (Lipinski definition) is 5. The maximum Gasteiger partial charge on any atom is 0.321 e. The van der Waals surface area contributed by atoms with Gasteiger partial charge >= 0.3 is 6.03 Å². The van der Waals surface area contributed by atoms with Crippen molar-refractivity contribution in [1.82, 2.24) is 14.3 Å². The van der Waals surface area contributed by atoms with Gasteiger partial charge in [0.1, 0.15) is 0 Å². The van der Waals surface area contributed by atoms with E-state index in [2.05, 4.69) is 14.8 Å². The number of nitrogens with one attached hydrogen (secondary N) is 3. The van der Waals surface area contributed by atoms with Crippen LogP contribution in [0.3, 0.4) is 0 Å². The maximum atomic E-state index is 12.8. The third-order valence-corrected chi connectivity index (χ3v) is 10.0. The molecular weight excluding hydrogens is 464 g/mol. The predicted octanol–water partition coefficient (Wildman–Crippen LogP) is 3.01. The fourth-order valence-electron chi connectivity index (χ4n) is 4.05. The lowest BCUT2D eigenvalue weighted by Crippen LogP contribution is -2.50. The Morgan fingerprint density at radius 1 is 0.909 bits per heavy atom. The minimum Gasteiger partial charge on any atom is -0.324 e. The molecule has 186 valence electrons. The first-order chi connectivity index (χ1) is 15.4. The molecule has 1 aliphatic heterocycles. The van der Waals surface area contributed by atoms with Crippen LogP contribution in [0, 0.1) is 0 Å². The van der Waals surface area contributed by atoms with E-state index in [1.165, 1.54) is 12.1 Å². The van der Waals surface area contributed by atoms with Crippen LogP contribution in [0.4, 0.5) is 10.5 Å². The number of likely N-dealkylation sites (tertiary alicyclic amines) is 1. The van der Waals surface area contributed by atoms with Gasteiger partial charge < -0.3 is 10.2 Å². The zero-order valence-corrected chi connectivity index (χ0v) is 21.3. The molecule has 11 heteroatoms. The third kappa shape index (κ3) is 6.91. The Balaban J connectivity index is 1.56. The summed E-state index contributed by atoms with van der Waals surface area (Å²) < 4.78 is 54.9. The molecule has 0 unspecified atom stereocenters. The Morgan fingerprint density at radius 2 is 1.52 bits per heavy atom. The molecule has 1 aliphatic carbocycles. The van der Waals surface area contributed by atoms with Crippen molar-refractivity contribution in [3.8, 4) is 0 Å². The van der Waals surface area contributed by atoms with Crippen LogP contribution in [0.1, 0.15) is 65.7 Å². The molecule has 3 N–H and O–H groups in total. The minimum atomic E-state index is -3.66. The van der Waals surface area contributed by atoms with Crippen LogP contribution >= 0.6 is 0 Å². The van der Waals surface area contributed by atoms with Gasteiger partial charge in [-0.2, -0.15) is 0 Å². The summed E-state index contributed by atoms with van der Waals surface area (Å²) in [6.45, 7) is 5.76. The second-order valence-electron chi connectivity index (χ2n) is 9.91. The molecule has 0 bridgehead atoms. The van der Waals surface area contributed by atoms with Crippen LogP contribution in [0.5, 0.6) is 0 Å². The predicted molar refractivity (Wildman–Crippen MR) is 129 cm³/mol. The summed E-state index contributed by atoms with van der Waals surface area (Å²) in [5.74, 6) is 0.